The molecule has 0 unspecified atom stereocenters. The summed E-state index contributed by atoms with van der Waals surface area (Å²) >= 11 is 0. The Morgan fingerprint density at radius 3 is 2.13 bits per heavy atom. The molecule has 3 nitrogen and oxygen atoms in total. The molecule has 1 amide bonds. The van der Waals surface area contributed by atoms with Crippen molar-refractivity contribution in [2.45, 2.75) is 26.2 Å². The Hall–Kier alpha value is -1.35. The first-order valence-electron chi connectivity index (χ1n) is 4.89. The highest BCUT2D eigenvalue weighted by Crippen LogP contribution is 2.22. The monoisotopic (exact) mass is 207 g/mol. The lowest BCUT2D eigenvalue weighted by Gasteiger charge is -2.18. The molecule has 0 radical (unpaired) electrons. The molecule has 0 aliphatic rings. The van der Waals surface area contributed by atoms with Gasteiger partial charge in [0.2, 0.25) is 0 Å². The van der Waals surface area contributed by atoms with Crippen LogP contribution in [-0.4, -0.2) is 13.0 Å². The first kappa shape index (κ1) is 11.7. The van der Waals surface area contributed by atoms with Crippen molar-refractivity contribution in [2.75, 3.05) is 7.11 Å². The summed E-state index contributed by atoms with van der Waals surface area (Å²) in [5.41, 5.74) is 4.20. The molecule has 0 bridgehead atoms. The summed E-state index contributed by atoms with van der Waals surface area (Å²) in [4.78, 5) is 15.9. The number of carbonyl (C=O) groups excluding carboxylic acids is 1. The maximum absolute atomic E-state index is 11.4. The molecule has 0 heterocycles. The molecule has 0 aromatic heterocycles. The van der Waals surface area contributed by atoms with Gasteiger partial charge < -0.3 is 0 Å². The minimum atomic E-state index is -0.224. The van der Waals surface area contributed by atoms with Crippen molar-refractivity contribution in [2.24, 2.45) is 0 Å². The van der Waals surface area contributed by atoms with Crippen molar-refractivity contribution in [3.05, 3.63) is 35.4 Å². The number of nitrogens with one attached hydrogen (secondary N) is 1. The van der Waals surface area contributed by atoms with Crippen LogP contribution in [0.15, 0.2) is 24.3 Å². The van der Waals surface area contributed by atoms with Gasteiger partial charge in [0.1, 0.15) is 0 Å². The third-order valence-electron chi connectivity index (χ3n) is 2.21. The van der Waals surface area contributed by atoms with Gasteiger partial charge in [0.15, 0.2) is 0 Å². The van der Waals surface area contributed by atoms with Gasteiger partial charge in [-0.2, -0.15) is 0 Å². The van der Waals surface area contributed by atoms with Gasteiger partial charge in [-0.1, -0.05) is 32.9 Å². The fraction of sp³-hybridized carbons (Fsp3) is 0.417. The van der Waals surface area contributed by atoms with E-state index in [4.69, 9.17) is 0 Å². The third kappa shape index (κ3) is 3.06. The Morgan fingerprint density at radius 2 is 1.73 bits per heavy atom. The van der Waals surface area contributed by atoms with E-state index in [1.54, 1.807) is 12.1 Å². The van der Waals surface area contributed by atoms with Crippen molar-refractivity contribution < 1.29 is 9.63 Å². The highest BCUT2D eigenvalue weighted by molar-refractivity contribution is 5.93. The molecule has 3 heteroatoms. The zero-order chi connectivity index (χ0) is 11.5. The molecule has 15 heavy (non-hydrogen) atoms. The van der Waals surface area contributed by atoms with Gasteiger partial charge in [-0.3, -0.25) is 9.63 Å². The molecule has 0 saturated carbocycles. The first-order valence-corrected chi connectivity index (χ1v) is 4.89. The van der Waals surface area contributed by atoms with Crippen molar-refractivity contribution in [1.82, 2.24) is 5.48 Å². The summed E-state index contributed by atoms with van der Waals surface area (Å²) in [5.74, 6) is -0.224. The molecule has 1 rings (SSSR count). The second-order valence-corrected chi connectivity index (χ2v) is 4.46. The molecular formula is C12H17NO2. The predicted octanol–water partition coefficient (Wildman–Crippen LogP) is 2.28. The van der Waals surface area contributed by atoms with E-state index in [0.29, 0.717) is 5.56 Å². The molecular weight excluding hydrogens is 190 g/mol. The zero-order valence-electron chi connectivity index (χ0n) is 9.63. The number of rotatable bonds is 2. The lowest BCUT2D eigenvalue weighted by atomic mass is 9.87. The summed E-state index contributed by atoms with van der Waals surface area (Å²) in [6, 6.07) is 7.53. The Balaban J connectivity index is 2.86. The summed E-state index contributed by atoms with van der Waals surface area (Å²) in [5, 5.41) is 0. The molecule has 0 saturated heterocycles. The first-order chi connectivity index (χ1) is 6.95. The highest BCUT2D eigenvalue weighted by atomic mass is 16.6. The van der Waals surface area contributed by atoms with Crippen LogP contribution in [0.2, 0.25) is 0 Å². The average Bonchev–Trinajstić information content (AvgIpc) is 2.17. The van der Waals surface area contributed by atoms with E-state index in [2.05, 4.69) is 31.1 Å². The van der Waals surface area contributed by atoms with Gasteiger partial charge in [-0.15, -0.1) is 0 Å². The Bertz CT molecular complexity index is 336. The number of hydrogen-bond donors (Lipinski definition) is 1. The van der Waals surface area contributed by atoms with Crippen molar-refractivity contribution >= 4 is 5.91 Å². The lowest BCUT2D eigenvalue weighted by Crippen LogP contribution is -2.22. The average molecular weight is 207 g/mol. The number of amides is 1. The van der Waals surface area contributed by atoms with Crippen molar-refractivity contribution in [3.63, 3.8) is 0 Å². The Kier molecular flexibility index (Phi) is 3.48. The van der Waals surface area contributed by atoms with E-state index in [1.807, 2.05) is 12.1 Å². The van der Waals surface area contributed by atoms with E-state index in [1.165, 1.54) is 12.7 Å². The standard InChI is InChI=1S/C12H17NO2/c1-12(2,3)10-7-5-9(6-8-10)11(14)13-15-4/h5-8H,1-4H3,(H,13,14). The van der Waals surface area contributed by atoms with Crippen LogP contribution in [-0.2, 0) is 10.3 Å². The molecule has 0 aliphatic heterocycles. The fourth-order valence-corrected chi connectivity index (χ4v) is 1.27. The van der Waals surface area contributed by atoms with Gasteiger partial charge in [0, 0.05) is 5.56 Å². The number of benzene rings is 1. The van der Waals surface area contributed by atoms with Crippen LogP contribution in [0.5, 0.6) is 0 Å². The van der Waals surface area contributed by atoms with Gasteiger partial charge in [0.05, 0.1) is 7.11 Å². The highest BCUT2D eigenvalue weighted by Gasteiger charge is 2.13. The maximum Gasteiger partial charge on any atom is 0.274 e. The second kappa shape index (κ2) is 4.45. The molecule has 1 aromatic rings. The van der Waals surface area contributed by atoms with Crippen LogP contribution >= 0.6 is 0 Å². The Morgan fingerprint density at radius 1 is 1.20 bits per heavy atom. The van der Waals surface area contributed by atoms with Crippen LogP contribution in [0, 0.1) is 0 Å². The van der Waals surface area contributed by atoms with Crippen LogP contribution in [0.1, 0.15) is 36.7 Å². The quantitative estimate of drug-likeness (QED) is 0.755. The largest absolute Gasteiger partial charge is 0.277 e. The van der Waals surface area contributed by atoms with Crippen LogP contribution in [0.3, 0.4) is 0 Å². The van der Waals surface area contributed by atoms with E-state index in [9.17, 15) is 4.79 Å². The maximum atomic E-state index is 11.4. The van der Waals surface area contributed by atoms with E-state index in [-0.39, 0.29) is 11.3 Å². The van der Waals surface area contributed by atoms with Crippen molar-refractivity contribution in [1.29, 1.82) is 0 Å². The van der Waals surface area contributed by atoms with Crippen molar-refractivity contribution in [3.8, 4) is 0 Å². The molecule has 0 fully saturated rings. The summed E-state index contributed by atoms with van der Waals surface area (Å²) < 4.78 is 0. The van der Waals surface area contributed by atoms with Gasteiger partial charge in [0.25, 0.3) is 5.91 Å². The molecule has 0 aliphatic carbocycles. The molecule has 82 valence electrons. The smallest absolute Gasteiger partial charge is 0.274 e. The molecule has 0 spiro atoms. The molecule has 1 N–H and O–H groups in total. The second-order valence-electron chi connectivity index (χ2n) is 4.46. The van der Waals surface area contributed by atoms with E-state index < -0.39 is 0 Å². The summed E-state index contributed by atoms with van der Waals surface area (Å²) in [7, 11) is 1.42. The topological polar surface area (TPSA) is 38.3 Å². The summed E-state index contributed by atoms with van der Waals surface area (Å²) in [6.07, 6.45) is 0. The normalized spacial score (nSPS) is 11.2. The number of hydrogen-bond acceptors (Lipinski definition) is 2. The fourth-order valence-electron chi connectivity index (χ4n) is 1.27. The lowest BCUT2D eigenvalue weighted by molar-refractivity contribution is 0.0537. The zero-order valence-corrected chi connectivity index (χ0v) is 9.63. The SMILES string of the molecule is CONC(=O)c1ccc(C(C)(C)C)cc1. The van der Waals surface area contributed by atoms with Gasteiger partial charge in [-0.05, 0) is 23.1 Å². The number of hydroxylamine groups is 1. The van der Waals surface area contributed by atoms with E-state index in [0.717, 1.165) is 0 Å². The molecule has 0 atom stereocenters. The minimum Gasteiger partial charge on any atom is -0.277 e. The van der Waals surface area contributed by atoms with Gasteiger partial charge >= 0.3 is 0 Å². The summed E-state index contributed by atoms with van der Waals surface area (Å²) in [6.45, 7) is 6.41. The van der Waals surface area contributed by atoms with Crippen LogP contribution in [0.25, 0.3) is 0 Å². The van der Waals surface area contributed by atoms with Crippen LogP contribution in [0.4, 0.5) is 0 Å². The minimum absolute atomic E-state index is 0.107. The predicted molar refractivity (Wildman–Crippen MR) is 59.6 cm³/mol. The van der Waals surface area contributed by atoms with Gasteiger partial charge in [-0.25, -0.2) is 5.48 Å². The Labute approximate surface area is 90.4 Å². The molecule has 1 aromatic carbocycles. The van der Waals surface area contributed by atoms with E-state index >= 15 is 0 Å². The third-order valence-corrected chi connectivity index (χ3v) is 2.21. The van der Waals surface area contributed by atoms with Crippen LogP contribution < -0.4 is 5.48 Å². The number of carbonyl (C=O) groups is 1.